The van der Waals surface area contributed by atoms with E-state index in [4.69, 9.17) is 9.84 Å². The van der Waals surface area contributed by atoms with Crippen molar-refractivity contribution in [2.24, 2.45) is 5.92 Å². The van der Waals surface area contributed by atoms with Crippen molar-refractivity contribution in [1.29, 1.82) is 0 Å². The highest BCUT2D eigenvalue weighted by atomic mass is 16.5. The topological polar surface area (TPSA) is 49.8 Å². The predicted molar refractivity (Wildman–Crippen MR) is 115 cm³/mol. The fraction of sp³-hybridized carbons (Fsp3) is 0.320. The highest BCUT2D eigenvalue weighted by Crippen LogP contribution is 2.26. The molecule has 29 heavy (non-hydrogen) atoms. The van der Waals surface area contributed by atoms with Gasteiger partial charge in [0.15, 0.2) is 0 Å². The van der Waals surface area contributed by atoms with Gasteiger partial charge >= 0.3 is 5.97 Å². The van der Waals surface area contributed by atoms with E-state index < -0.39 is 5.97 Å². The molecule has 1 unspecified atom stereocenters. The lowest BCUT2D eigenvalue weighted by atomic mass is 9.95. The van der Waals surface area contributed by atoms with Gasteiger partial charge in [0.2, 0.25) is 0 Å². The Bertz CT molecular complexity index is 931. The summed E-state index contributed by atoms with van der Waals surface area (Å²) in [5.74, 6) is 0.430. The molecule has 2 aromatic rings. The van der Waals surface area contributed by atoms with Gasteiger partial charge < -0.3 is 14.7 Å². The van der Waals surface area contributed by atoms with Crippen molar-refractivity contribution in [2.45, 2.75) is 38.8 Å². The van der Waals surface area contributed by atoms with Crippen LogP contribution in [0.5, 0.6) is 0 Å². The molecule has 0 aromatic heterocycles. The van der Waals surface area contributed by atoms with Crippen LogP contribution in [0.25, 0.3) is 0 Å². The van der Waals surface area contributed by atoms with Gasteiger partial charge in [-0.1, -0.05) is 42.5 Å². The second-order valence-corrected chi connectivity index (χ2v) is 7.79. The molecular formula is C25H27NO3. The first-order chi connectivity index (χ1) is 14.2. The molecule has 4 heteroatoms. The van der Waals surface area contributed by atoms with Crippen molar-refractivity contribution < 1.29 is 14.6 Å². The van der Waals surface area contributed by atoms with E-state index in [1.807, 2.05) is 6.08 Å². The Hall–Kier alpha value is -3.01. The minimum atomic E-state index is -0.735. The Kier molecular flexibility index (Phi) is 5.99. The number of hydrogen-bond donors (Lipinski definition) is 1. The Labute approximate surface area is 172 Å². The average molecular weight is 389 g/mol. The smallest absolute Gasteiger partial charge is 0.303 e. The van der Waals surface area contributed by atoms with Crippen molar-refractivity contribution in [1.82, 2.24) is 0 Å². The highest BCUT2D eigenvalue weighted by Gasteiger charge is 2.16. The number of carboxylic acid groups (broad SMARTS) is 1. The zero-order chi connectivity index (χ0) is 20.1. The zero-order valence-electron chi connectivity index (χ0n) is 16.6. The number of hydrogen-bond acceptors (Lipinski definition) is 3. The van der Waals surface area contributed by atoms with E-state index in [1.54, 1.807) is 0 Å². The number of aliphatic carboxylic acids is 1. The van der Waals surface area contributed by atoms with E-state index in [2.05, 4.69) is 65.6 Å². The normalized spacial score (nSPS) is 18.1. The van der Waals surface area contributed by atoms with Gasteiger partial charge in [0.1, 0.15) is 12.4 Å². The number of benzene rings is 2. The first-order valence-corrected chi connectivity index (χ1v) is 10.3. The molecule has 0 saturated heterocycles. The van der Waals surface area contributed by atoms with Gasteiger partial charge in [-0.15, -0.1) is 0 Å². The number of allylic oxidation sites excluding steroid dienone is 3. The second-order valence-electron chi connectivity index (χ2n) is 7.79. The maximum Gasteiger partial charge on any atom is 0.303 e. The summed E-state index contributed by atoms with van der Waals surface area (Å²) in [5, 5.41) is 8.80. The van der Waals surface area contributed by atoms with Crippen molar-refractivity contribution >= 4 is 11.7 Å². The lowest BCUT2D eigenvalue weighted by Crippen LogP contribution is -2.30. The molecule has 0 radical (unpaired) electrons. The lowest BCUT2D eigenvalue weighted by molar-refractivity contribution is -0.137. The zero-order valence-corrected chi connectivity index (χ0v) is 16.6. The number of rotatable bonds is 7. The van der Waals surface area contributed by atoms with Crippen LogP contribution in [0.2, 0.25) is 0 Å². The molecule has 0 saturated carbocycles. The summed E-state index contributed by atoms with van der Waals surface area (Å²) in [6, 6.07) is 17.3. The summed E-state index contributed by atoms with van der Waals surface area (Å²) < 4.78 is 5.98. The molecule has 4 nitrogen and oxygen atoms in total. The third-order valence-electron chi connectivity index (χ3n) is 5.70. The molecule has 0 fully saturated rings. The number of carbonyl (C=O) groups is 1. The summed E-state index contributed by atoms with van der Waals surface area (Å²) in [7, 11) is 0. The molecule has 150 valence electrons. The Morgan fingerprint density at radius 2 is 2.00 bits per heavy atom. The Balaban J connectivity index is 1.32. The minimum Gasteiger partial charge on any atom is -0.489 e. The fourth-order valence-electron chi connectivity index (χ4n) is 4.00. The molecule has 1 aliphatic heterocycles. The van der Waals surface area contributed by atoms with E-state index in [-0.39, 0.29) is 6.42 Å². The summed E-state index contributed by atoms with van der Waals surface area (Å²) in [5.41, 5.74) is 5.27. The van der Waals surface area contributed by atoms with E-state index in [0.717, 1.165) is 37.3 Å². The third-order valence-corrected chi connectivity index (χ3v) is 5.70. The predicted octanol–water partition coefficient (Wildman–Crippen LogP) is 5.09. The lowest BCUT2D eigenvalue weighted by Gasteiger charge is -2.31. The van der Waals surface area contributed by atoms with Gasteiger partial charge in [-0.2, -0.15) is 0 Å². The van der Waals surface area contributed by atoms with Crippen LogP contribution in [0, 0.1) is 5.92 Å². The monoisotopic (exact) mass is 389 g/mol. The Morgan fingerprint density at radius 3 is 2.79 bits per heavy atom. The molecule has 0 bridgehead atoms. The Morgan fingerprint density at radius 1 is 1.14 bits per heavy atom. The third kappa shape index (κ3) is 5.08. The summed E-state index contributed by atoms with van der Waals surface area (Å²) >= 11 is 0. The molecular weight excluding hydrogens is 362 g/mol. The summed E-state index contributed by atoms with van der Waals surface area (Å²) in [4.78, 5) is 13.1. The van der Waals surface area contributed by atoms with Crippen LogP contribution in [0.4, 0.5) is 5.69 Å². The van der Waals surface area contributed by atoms with Gasteiger partial charge in [-0.05, 0) is 66.2 Å². The molecule has 0 amide bonds. The van der Waals surface area contributed by atoms with Crippen LogP contribution in [-0.4, -0.2) is 17.6 Å². The van der Waals surface area contributed by atoms with Crippen LogP contribution in [0.3, 0.4) is 0 Å². The van der Waals surface area contributed by atoms with Crippen molar-refractivity contribution in [3.63, 3.8) is 0 Å². The largest absolute Gasteiger partial charge is 0.489 e. The number of fused-ring (bicyclic) bond motifs is 1. The summed E-state index contributed by atoms with van der Waals surface area (Å²) in [6.07, 6.45) is 8.92. The number of anilines is 1. The van der Waals surface area contributed by atoms with Crippen LogP contribution in [0.15, 0.2) is 72.5 Å². The molecule has 2 aliphatic rings. The molecule has 2 aromatic carbocycles. The molecule has 1 N–H and O–H groups in total. The minimum absolute atomic E-state index is 0.215. The SMILES string of the molecule is O=C(O)CCC1C=CC(OCc2cccc(N3CCc4ccccc4C3)c2)=CC1. The van der Waals surface area contributed by atoms with Gasteiger partial charge in [0.25, 0.3) is 0 Å². The van der Waals surface area contributed by atoms with Crippen molar-refractivity contribution in [3.8, 4) is 0 Å². The average Bonchev–Trinajstić information content (AvgIpc) is 2.77. The number of carboxylic acids is 1. The van der Waals surface area contributed by atoms with Gasteiger partial charge in [0.05, 0.1) is 0 Å². The first-order valence-electron chi connectivity index (χ1n) is 10.3. The molecule has 1 aliphatic carbocycles. The van der Waals surface area contributed by atoms with Crippen molar-refractivity contribution in [3.05, 3.63) is 89.2 Å². The van der Waals surface area contributed by atoms with Crippen LogP contribution in [0.1, 0.15) is 36.0 Å². The van der Waals surface area contributed by atoms with Gasteiger partial charge in [-0.3, -0.25) is 4.79 Å². The summed E-state index contributed by atoms with van der Waals surface area (Å²) in [6.45, 7) is 2.52. The first kappa shape index (κ1) is 19.3. The fourth-order valence-corrected chi connectivity index (χ4v) is 4.00. The molecule has 0 spiro atoms. The van der Waals surface area contributed by atoms with Crippen LogP contribution < -0.4 is 4.90 Å². The number of ether oxygens (including phenoxy) is 1. The maximum absolute atomic E-state index is 10.7. The second kappa shape index (κ2) is 8.99. The van der Waals surface area contributed by atoms with Crippen LogP contribution in [-0.2, 0) is 29.1 Å². The molecule has 1 atom stereocenters. The highest BCUT2D eigenvalue weighted by molar-refractivity contribution is 5.66. The van der Waals surface area contributed by atoms with E-state index in [0.29, 0.717) is 18.9 Å². The maximum atomic E-state index is 10.7. The molecule has 1 heterocycles. The quantitative estimate of drug-likeness (QED) is 0.716. The number of nitrogens with zero attached hydrogens (tertiary/aromatic N) is 1. The standard InChI is InChI=1S/C25H27NO3/c27-25(28)13-10-19-8-11-24(12-9-19)29-18-20-4-3-7-23(16-20)26-15-14-21-5-1-2-6-22(21)17-26/h1-8,11-12,16,19H,9-10,13-15,17-18H2,(H,27,28). The van der Waals surface area contributed by atoms with E-state index >= 15 is 0 Å². The van der Waals surface area contributed by atoms with E-state index in [1.165, 1.54) is 16.8 Å². The molecule has 4 rings (SSSR count). The van der Waals surface area contributed by atoms with Crippen molar-refractivity contribution in [2.75, 3.05) is 11.4 Å². The van der Waals surface area contributed by atoms with Gasteiger partial charge in [0, 0.05) is 25.2 Å². The van der Waals surface area contributed by atoms with Crippen LogP contribution >= 0.6 is 0 Å². The van der Waals surface area contributed by atoms with E-state index in [9.17, 15) is 4.79 Å². The van der Waals surface area contributed by atoms with Gasteiger partial charge in [-0.25, -0.2) is 0 Å².